The van der Waals surface area contributed by atoms with Gasteiger partial charge in [-0.2, -0.15) is 0 Å². The summed E-state index contributed by atoms with van der Waals surface area (Å²) in [4.78, 5) is 22.1. The van der Waals surface area contributed by atoms with E-state index in [0.717, 1.165) is 6.07 Å². The van der Waals surface area contributed by atoms with Gasteiger partial charge in [0.15, 0.2) is 0 Å². The number of nitro groups is 1. The predicted molar refractivity (Wildman–Crippen MR) is 81.9 cm³/mol. The van der Waals surface area contributed by atoms with Gasteiger partial charge in [0.05, 0.1) is 26.3 Å². The largest absolute Gasteiger partial charge is 0.398 e. The normalized spacial score (nSPS) is 10.2. The number of carbonyl (C=O) groups excluding carboxylic acids is 1. The zero-order valence-corrected chi connectivity index (χ0v) is 12.0. The minimum Gasteiger partial charge on any atom is -0.398 e. The molecule has 0 saturated carbocycles. The highest BCUT2D eigenvalue weighted by molar-refractivity contribution is 6.34. The maximum atomic E-state index is 12.0. The van der Waals surface area contributed by atoms with E-state index in [2.05, 4.69) is 5.32 Å². The highest BCUT2D eigenvalue weighted by Gasteiger charge is 2.13. The molecule has 0 aliphatic heterocycles. The fourth-order valence-corrected chi connectivity index (χ4v) is 1.94. The number of carbonyl (C=O) groups is 1. The Bertz CT molecular complexity index is 735. The molecule has 2 rings (SSSR count). The molecule has 0 spiro atoms. The second kappa shape index (κ2) is 5.99. The Morgan fingerprint density at radius 3 is 2.43 bits per heavy atom. The fourth-order valence-electron chi connectivity index (χ4n) is 1.60. The summed E-state index contributed by atoms with van der Waals surface area (Å²) in [7, 11) is 0. The van der Waals surface area contributed by atoms with Crippen molar-refractivity contribution < 1.29 is 9.72 Å². The number of nitrogen functional groups attached to an aromatic ring is 1. The van der Waals surface area contributed by atoms with Gasteiger partial charge in [-0.15, -0.1) is 0 Å². The van der Waals surface area contributed by atoms with Gasteiger partial charge in [-0.3, -0.25) is 14.9 Å². The van der Waals surface area contributed by atoms with Crippen LogP contribution in [0.2, 0.25) is 10.0 Å². The topological polar surface area (TPSA) is 98.3 Å². The number of hydrogen-bond donors (Lipinski definition) is 2. The molecule has 0 bridgehead atoms. The summed E-state index contributed by atoms with van der Waals surface area (Å²) in [5.74, 6) is -0.450. The number of benzene rings is 2. The van der Waals surface area contributed by atoms with Gasteiger partial charge in [0.25, 0.3) is 11.6 Å². The highest BCUT2D eigenvalue weighted by atomic mass is 35.5. The van der Waals surface area contributed by atoms with E-state index in [0.29, 0.717) is 10.6 Å². The van der Waals surface area contributed by atoms with Crippen LogP contribution in [0.1, 0.15) is 10.4 Å². The lowest BCUT2D eigenvalue weighted by atomic mass is 10.2. The van der Waals surface area contributed by atoms with Crippen LogP contribution in [0, 0.1) is 10.1 Å². The first-order valence-electron chi connectivity index (χ1n) is 5.69. The summed E-state index contributed by atoms with van der Waals surface area (Å²) in [5.41, 5.74) is 6.30. The van der Waals surface area contributed by atoms with Crippen LogP contribution in [0.3, 0.4) is 0 Å². The van der Waals surface area contributed by atoms with Crippen LogP contribution in [0.4, 0.5) is 17.1 Å². The molecular weight excluding hydrogens is 317 g/mol. The van der Waals surface area contributed by atoms with E-state index < -0.39 is 10.8 Å². The van der Waals surface area contributed by atoms with Crippen LogP contribution >= 0.6 is 23.2 Å². The Morgan fingerprint density at radius 2 is 1.86 bits per heavy atom. The van der Waals surface area contributed by atoms with Crippen molar-refractivity contribution in [3.8, 4) is 0 Å². The van der Waals surface area contributed by atoms with Crippen molar-refractivity contribution in [2.45, 2.75) is 0 Å². The van der Waals surface area contributed by atoms with Crippen molar-refractivity contribution in [3.63, 3.8) is 0 Å². The number of nitrogens with one attached hydrogen (secondary N) is 1. The highest BCUT2D eigenvalue weighted by Crippen LogP contribution is 2.27. The molecule has 0 unspecified atom stereocenters. The predicted octanol–water partition coefficient (Wildman–Crippen LogP) is 3.74. The second-order valence-electron chi connectivity index (χ2n) is 4.11. The van der Waals surface area contributed by atoms with Crippen molar-refractivity contribution in [2.24, 2.45) is 0 Å². The van der Waals surface area contributed by atoms with Crippen LogP contribution in [-0.2, 0) is 0 Å². The van der Waals surface area contributed by atoms with E-state index in [1.807, 2.05) is 0 Å². The summed E-state index contributed by atoms with van der Waals surface area (Å²) in [5, 5.41) is 13.6. The quantitative estimate of drug-likeness (QED) is 0.510. The lowest BCUT2D eigenvalue weighted by molar-refractivity contribution is -0.384. The summed E-state index contributed by atoms with van der Waals surface area (Å²) in [6, 6.07) is 8.20. The van der Waals surface area contributed by atoms with Crippen LogP contribution < -0.4 is 11.1 Å². The van der Waals surface area contributed by atoms with E-state index >= 15 is 0 Å². The standard InChI is InChI=1S/C13H9Cl2N3O3/c14-9-3-1-7(5-11(9)16)13(19)17-12-4-2-8(18(20)21)6-10(12)15/h1-6H,16H2,(H,17,19). The molecule has 0 aliphatic carbocycles. The number of amides is 1. The van der Waals surface area contributed by atoms with Crippen LogP contribution in [0.15, 0.2) is 36.4 Å². The summed E-state index contributed by atoms with van der Waals surface area (Å²) < 4.78 is 0. The van der Waals surface area contributed by atoms with Gasteiger partial charge in [0.2, 0.25) is 0 Å². The summed E-state index contributed by atoms with van der Waals surface area (Å²) in [6.45, 7) is 0. The van der Waals surface area contributed by atoms with E-state index in [-0.39, 0.29) is 22.1 Å². The van der Waals surface area contributed by atoms with Gasteiger partial charge in [0.1, 0.15) is 0 Å². The first-order chi connectivity index (χ1) is 9.88. The third kappa shape index (κ3) is 3.42. The first-order valence-corrected chi connectivity index (χ1v) is 6.44. The molecular formula is C13H9Cl2N3O3. The zero-order chi connectivity index (χ0) is 15.6. The Balaban J connectivity index is 2.23. The van der Waals surface area contributed by atoms with E-state index in [4.69, 9.17) is 28.9 Å². The maximum absolute atomic E-state index is 12.0. The molecule has 1 amide bonds. The molecule has 0 aliphatic rings. The molecule has 2 aromatic rings. The number of non-ortho nitro benzene ring substituents is 1. The molecule has 0 aromatic heterocycles. The molecule has 0 saturated heterocycles. The third-order valence-electron chi connectivity index (χ3n) is 2.67. The Morgan fingerprint density at radius 1 is 1.14 bits per heavy atom. The van der Waals surface area contributed by atoms with Crippen molar-refractivity contribution >= 4 is 46.2 Å². The van der Waals surface area contributed by atoms with Crippen molar-refractivity contribution in [3.05, 3.63) is 62.1 Å². The number of rotatable bonds is 3. The number of nitrogens with two attached hydrogens (primary N) is 1. The molecule has 108 valence electrons. The van der Waals surface area contributed by atoms with E-state index in [1.54, 1.807) is 0 Å². The molecule has 8 heteroatoms. The van der Waals surface area contributed by atoms with Crippen LogP contribution in [0.25, 0.3) is 0 Å². The molecule has 0 atom stereocenters. The number of nitrogens with zero attached hydrogens (tertiary/aromatic N) is 1. The molecule has 0 radical (unpaired) electrons. The summed E-state index contributed by atoms with van der Waals surface area (Å²) >= 11 is 11.7. The summed E-state index contributed by atoms with van der Waals surface area (Å²) in [6.07, 6.45) is 0. The number of nitro benzene ring substituents is 1. The smallest absolute Gasteiger partial charge is 0.271 e. The van der Waals surface area contributed by atoms with Gasteiger partial charge < -0.3 is 11.1 Å². The molecule has 2 aromatic carbocycles. The van der Waals surface area contributed by atoms with Gasteiger partial charge in [-0.05, 0) is 24.3 Å². The fraction of sp³-hybridized carbons (Fsp3) is 0. The molecule has 21 heavy (non-hydrogen) atoms. The average Bonchev–Trinajstić information content (AvgIpc) is 2.43. The number of hydrogen-bond acceptors (Lipinski definition) is 4. The average molecular weight is 326 g/mol. The van der Waals surface area contributed by atoms with Gasteiger partial charge in [-0.25, -0.2) is 0 Å². The Hall–Kier alpha value is -2.31. The lowest BCUT2D eigenvalue weighted by Crippen LogP contribution is -2.12. The van der Waals surface area contributed by atoms with Crippen molar-refractivity contribution in [1.29, 1.82) is 0 Å². The lowest BCUT2D eigenvalue weighted by Gasteiger charge is -2.08. The van der Waals surface area contributed by atoms with Gasteiger partial charge in [-0.1, -0.05) is 23.2 Å². The van der Waals surface area contributed by atoms with Crippen molar-refractivity contribution in [1.82, 2.24) is 0 Å². The van der Waals surface area contributed by atoms with E-state index in [1.165, 1.54) is 30.3 Å². The van der Waals surface area contributed by atoms with Crippen molar-refractivity contribution in [2.75, 3.05) is 11.1 Å². The molecule has 0 heterocycles. The maximum Gasteiger partial charge on any atom is 0.271 e. The Labute approximate surface area is 129 Å². The molecule has 3 N–H and O–H groups in total. The monoisotopic (exact) mass is 325 g/mol. The molecule has 6 nitrogen and oxygen atoms in total. The first kappa shape index (κ1) is 15.1. The van der Waals surface area contributed by atoms with Gasteiger partial charge in [0, 0.05) is 17.7 Å². The van der Waals surface area contributed by atoms with Crippen LogP contribution in [-0.4, -0.2) is 10.8 Å². The Kier molecular flexibility index (Phi) is 4.30. The minimum atomic E-state index is -0.572. The van der Waals surface area contributed by atoms with E-state index in [9.17, 15) is 14.9 Å². The second-order valence-corrected chi connectivity index (χ2v) is 4.93. The minimum absolute atomic E-state index is 0.0690. The number of halogens is 2. The number of anilines is 2. The van der Waals surface area contributed by atoms with Gasteiger partial charge >= 0.3 is 0 Å². The van der Waals surface area contributed by atoms with Crippen LogP contribution in [0.5, 0.6) is 0 Å². The third-order valence-corrected chi connectivity index (χ3v) is 3.33. The molecule has 0 fully saturated rings. The SMILES string of the molecule is Nc1cc(C(=O)Nc2ccc([N+](=O)[O-])cc2Cl)ccc1Cl. The zero-order valence-electron chi connectivity index (χ0n) is 10.5.